The molecule has 4 aromatic rings. The Bertz CT molecular complexity index is 1300. The largest absolute Gasteiger partial charge is 0.354 e. The number of benzene rings is 2. The molecule has 0 aliphatic heterocycles. The van der Waals surface area contributed by atoms with E-state index in [1.165, 1.54) is 10.7 Å². The first-order valence-electron chi connectivity index (χ1n) is 10.1. The number of thiazole rings is 1. The first kappa shape index (κ1) is 21.9. The average Bonchev–Trinajstić information content (AvgIpc) is 3.19. The van der Waals surface area contributed by atoms with Crippen molar-refractivity contribution in [2.24, 2.45) is 0 Å². The van der Waals surface area contributed by atoms with Crippen molar-refractivity contribution in [3.05, 3.63) is 93.4 Å². The van der Waals surface area contributed by atoms with Crippen LogP contribution in [-0.4, -0.2) is 27.2 Å². The Hall–Kier alpha value is -3.29. The number of aryl methyl sites for hydroxylation is 1. The first-order chi connectivity index (χ1) is 15.5. The Morgan fingerprint density at radius 2 is 1.81 bits per heavy atom. The predicted octanol–water partition coefficient (Wildman–Crippen LogP) is 4.35. The molecule has 1 N–H and O–H groups in total. The number of rotatable bonds is 7. The van der Waals surface area contributed by atoms with Crippen molar-refractivity contribution >= 4 is 28.8 Å². The number of amides is 1. The third-order valence-electron chi connectivity index (χ3n) is 4.87. The molecule has 0 radical (unpaired) electrons. The third kappa shape index (κ3) is 5.12. The Kier molecular flexibility index (Phi) is 6.78. The smallest absolute Gasteiger partial charge is 0.266 e. The molecular weight excluding hydrogens is 444 g/mol. The zero-order valence-corrected chi connectivity index (χ0v) is 19.0. The molecule has 8 heteroatoms. The van der Waals surface area contributed by atoms with Gasteiger partial charge in [0, 0.05) is 23.2 Å². The van der Waals surface area contributed by atoms with Gasteiger partial charge in [-0.2, -0.15) is 5.10 Å². The number of aromatic nitrogens is 3. The number of nitrogens with zero attached hydrogens (tertiary/aromatic N) is 3. The van der Waals surface area contributed by atoms with Crippen LogP contribution in [0.15, 0.2) is 71.5 Å². The molecule has 6 nitrogen and oxygen atoms in total. The zero-order valence-electron chi connectivity index (χ0n) is 17.4. The lowest BCUT2D eigenvalue weighted by Crippen LogP contribution is -2.32. The van der Waals surface area contributed by atoms with Crippen molar-refractivity contribution in [2.45, 2.75) is 19.9 Å². The average molecular weight is 465 g/mol. The molecule has 4 rings (SSSR count). The van der Waals surface area contributed by atoms with Crippen LogP contribution in [0.5, 0.6) is 0 Å². The molecular formula is C24H21ClN4O2S. The van der Waals surface area contributed by atoms with Crippen LogP contribution < -0.4 is 10.9 Å². The van der Waals surface area contributed by atoms with E-state index in [9.17, 15) is 9.59 Å². The summed E-state index contributed by atoms with van der Waals surface area (Å²) in [6.45, 7) is 2.49. The van der Waals surface area contributed by atoms with Crippen LogP contribution in [0.3, 0.4) is 0 Å². The molecule has 0 aliphatic rings. The molecule has 2 aromatic carbocycles. The highest BCUT2D eigenvalue weighted by atomic mass is 35.5. The van der Waals surface area contributed by atoms with Gasteiger partial charge in [-0.25, -0.2) is 9.67 Å². The van der Waals surface area contributed by atoms with Crippen LogP contribution >= 0.6 is 22.9 Å². The van der Waals surface area contributed by atoms with Crippen LogP contribution in [0.4, 0.5) is 0 Å². The van der Waals surface area contributed by atoms with E-state index in [0.717, 1.165) is 26.7 Å². The summed E-state index contributed by atoms with van der Waals surface area (Å²) in [5.74, 6) is -0.159. The molecule has 162 valence electrons. The summed E-state index contributed by atoms with van der Waals surface area (Å²) in [6.07, 6.45) is 0.185. The zero-order chi connectivity index (χ0) is 22.5. The van der Waals surface area contributed by atoms with Crippen molar-refractivity contribution in [3.63, 3.8) is 0 Å². The number of hydrogen-bond acceptors (Lipinski definition) is 5. The van der Waals surface area contributed by atoms with Crippen LogP contribution in [0.2, 0.25) is 5.02 Å². The standard InChI is InChI=1S/C24H21ClN4O2S/c1-16-23(32-24(27-16)17-7-3-2-4-8-17)20-11-12-22(31)29(28-20)14-13-26-21(30)15-18-9-5-6-10-19(18)25/h2-12H,13-15H2,1H3,(H,26,30). The van der Waals surface area contributed by atoms with Crippen molar-refractivity contribution < 1.29 is 4.79 Å². The fraction of sp³-hybridized carbons (Fsp3) is 0.167. The monoisotopic (exact) mass is 464 g/mol. The maximum atomic E-state index is 12.3. The summed E-state index contributed by atoms with van der Waals surface area (Å²) in [5.41, 5.74) is 3.13. The highest BCUT2D eigenvalue weighted by Crippen LogP contribution is 2.33. The van der Waals surface area contributed by atoms with Crippen molar-refractivity contribution in [3.8, 4) is 21.1 Å². The highest BCUT2D eigenvalue weighted by Gasteiger charge is 2.14. The number of halogens is 1. The van der Waals surface area contributed by atoms with Gasteiger partial charge in [0.15, 0.2) is 0 Å². The van der Waals surface area contributed by atoms with E-state index in [-0.39, 0.29) is 31.0 Å². The van der Waals surface area contributed by atoms with Gasteiger partial charge in [-0.05, 0) is 24.6 Å². The summed E-state index contributed by atoms with van der Waals surface area (Å²) < 4.78 is 1.37. The van der Waals surface area contributed by atoms with Gasteiger partial charge in [-0.1, -0.05) is 60.1 Å². The van der Waals surface area contributed by atoms with Crippen LogP contribution in [0, 0.1) is 6.92 Å². The lowest BCUT2D eigenvalue weighted by atomic mass is 10.1. The van der Waals surface area contributed by atoms with Crippen molar-refractivity contribution in [2.75, 3.05) is 6.54 Å². The number of nitrogens with one attached hydrogen (secondary N) is 1. The summed E-state index contributed by atoms with van der Waals surface area (Å²) >= 11 is 7.65. The van der Waals surface area contributed by atoms with E-state index in [1.807, 2.05) is 55.5 Å². The Balaban J connectivity index is 1.44. The molecule has 2 aromatic heterocycles. The van der Waals surface area contributed by atoms with Gasteiger partial charge in [0.2, 0.25) is 5.91 Å². The van der Waals surface area contributed by atoms with Crippen molar-refractivity contribution in [1.29, 1.82) is 0 Å². The minimum Gasteiger partial charge on any atom is -0.354 e. The summed E-state index contributed by atoms with van der Waals surface area (Å²) in [4.78, 5) is 30.1. The molecule has 1 amide bonds. The van der Waals surface area contributed by atoms with E-state index >= 15 is 0 Å². The lowest BCUT2D eigenvalue weighted by molar-refractivity contribution is -0.120. The second kappa shape index (κ2) is 9.89. The van der Waals surface area contributed by atoms with Gasteiger partial charge in [0.25, 0.3) is 5.56 Å². The van der Waals surface area contributed by atoms with E-state index in [2.05, 4.69) is 15.4 Å². The lowest BCUT2D eigenvalue weighted by Gasteiger charge is -2.09. The molecule has 0 bridgehead atoms. The topological polar surface area (TPSA) is 76.9 Å². The highest BCUT2D eigenvalue weighted by molar-refractivity contribution is 7.18. The molecule has 0 saturated heterocycles. The second-order valence-electron chi connectivity index (χ2n) is 7.20. The van der Waals surface area contributed by atoms with Crippen molar-refractivity contribution in [1.82, 2.24) is 20.1 Å². The molecule has 0 fully saturated rings. The third-order valence-corrected chi connectivity index (χ3v) is 6.47. The van der Waals surface area contributed by atoms with Gasteiger partial charge >= 0.3 is 0 Å². The van der Waals surface area contributed by atoms with E-state index in [0.29, 0.717) is 10.7 Å². The maximum Gasteiger partial charge on any atom is 0.266 e. The normalized spacial score (nSPS) is 10.8. The molecule has 0 saturated carbocycles. The summed E-state index contributed by atoms with van der Waals surface area (Å²) in [5, 5.41) is 8.80. The van der Waals surface area contributed by atoms with Crippen LogP contribution in [0.1, 0.15) is 11.3 Å². The van der Waals surface area contributed by atoms with E-state index in [1.54, 1.807) is 23.5 Å². The molecule has 32 heavy (non-hydrogen) atoms. The quantitative estimate of drug-likeness (QED) is 0.441. The van der Waals surface area contributed by atoms with E-state index < -0.39 is 0 Å². The minimum absolute atomic E-state index is 0.159. The Morgan fingerprint density at radius 1 is 1.06 bits per heavy atom. The summed E-state index contributed by atoms with van der Waals surface area (Å²) in [6, 6.07) is 20.4. The summed E-state index contributed by atoms with van der Waals surface area (Å²) in [7, 11) is 0. The number of hydrogen-bond donors (Lipinski definition) is 1. The first-order valence-corrected chi connectivity index (χ1v) is 11.3. The SMILES string of the molecule is Cc1nc(-c2ccccc2)sc1-c1ccc(=O)n(CCNC(=O)Cc2ccccc2Cl)n1. The van der Waals surface area contributed by atoms with Gasteiger partial charge in [0.1, 0.15) is 10.7 Å². The van der Waals surface area contributed by atoms with Gasteiger partial charge < -0.3 is 5.32 Å². The molecule has 0 spiro atoms. The van der Waals surface area contributed by atoms with Crippen LogP contribution in [-0.2, 0) is 17.8 Å². The number of carbonyl (C=O) groups excluding carboxylic acids is 1. The van der Waals surface area contributed by atoms with E-state index in [4.69, 9.17) is 11.6 Å². The molecule has 0 atom stereocenters. The second-order valence-corrected chi connectivity index (χ2v) is 8.60. The molecule has 2 heterocycles. The fourth-order valence-corrected chi connectivity index (χ4v) is 4.49. The van der Waals surface area contributed by atoms with Crippen LogP contribution in [0.25, 0.3) is 21.1 Å². The number of carbonyl (C=O) groups is 1. The Labute approximate surface area is 194 Å². The predicted molar refractivity (Wildman–Crippen MR) is 128 cm³/mol. The van der Waals surface area contributed by atoms with Gasteiger partial charge in [-0.15, -0.1) is 11.3 Å². The maximum absolute atomic E-state index is 12.3. The minimum atomic E-state index is -0.223. The Morgan fingerprint density at radius 3 is 2.59 bits per heavy atom. The molecule has 0 aliphatic carbocycles. The van der Waals surface area contributed by atoms with Gasteiger partial charge in [0.05, 0.1) is 23.5 Å². The van der Waals surface area contributed by atoms with Gasteiger partial charge in [-0.3, -0.25) is 9.59 Å². The fourth-order valence-electron chi connectivity index (χ4n) is 3.25. The molecule has 0 unspecified atom stereocenters.